The van der Waals surface area contributed by atoms with E-state index in [0.29, 0.717) is 25.2 Å². The predicted molar refractivity (Wildman–Crippen MR) is 215 cm³/mol. The van der Waals surface area contributed by atoms with E-state index in [2.05, 4.69) is 22.5 Å². The van der Waals surface area contributed by atoms with Crippen molar-refractivity contribution in [2.24, 2.45) is 23.7 Å². The molecule has 2 fully saturated rings. The lowest BCUT2D eigenvalue weighted by molar-refractivity contribution is -0.157. The van der Waals surface area contributed by atoms with Crippen molar-refractivity contribution in [2.75, 3.05) is 0 Å². The molecule has 2 aliphatic rings. The number of carbonyl (C=O) groups excluding carboxylic acids is 5. The normalized spacial score (nSPS) is 21.2. The summed E-state index contributed by atoms with van der Waals surface area (Å²) in [6, 6.07) is 5.70. The first-order chi connectivity index (χ1) is 26.6. The van der Waals surface area contributed by atoms with Crippen LogP contribution in [0.4, 0.5) is 0 Å². The number of aliphatic hydroxyl groups is 1. The van der Waals surface area contributed by atoms with Gasteiger partial charge in [0, 0.05) is 60.2 Å². The van der Waals surface area contributed by atoms with Gasteiger partial charge in [-0.05, 0) is 76.3 Å². The van der Waals surface area contributed by atoms with Crippen LogP contribution in [-0.4, -0.2) is 79.2 Å². The number of piperidine rings is 1. The van der Waals surface area contributed by atoms with Crippen LogP contribution < -0.4 is 10.6 Å². The molecule has 1 aromatic carbocycles. The lowest BCUT2D eigenvalue weighted by Crippen LogP contribution is -2.55. The third-order valence-corrected chi connectivity index (χ3v) is 12.0. The monoisotopic (exact) mass is 778 g/mol. The first-order valence-electron chi connectivity index (χ1n) is 21.0. The number of aliphatic carboxylic acids is 1. The van der Waals surface area contributed by atoms with Crippen molar-refractivity contribution >= 4 is 46.3 Å². The van der Waals surface area contributed by atoms with Gasteiger partial charge in [-0.25, -0.2) is 0 Å². The van der Waals surface area contributed by atoms with Gasteiger partial charge in [0.15, 0.2) is 0 Å². The second-order valence-electron chi connectivity index (χ2n) is 17.4. The quantitative estimate of drug-likeness (QED) is 0.0652. The van der Waals surface area contributed by atoms with Crippen LogP contribution in [0.3, 0.4) is 0 Å². The van der Waals surface area contributed by atoms with E-state index < -0.39 is 41.5 Å². The topological polar surface area (TPSA) is 186 Å². The summed E-state index contributed by atoms with van der Waals surface area (Å²) in [6.45, 7) is 9.34. The number of hydrogen-bond donors (Lipinski definition) is 5. The number of amides is 4. The number of likely N-dealkylation sites (tertiary alicyclic amines) is 1. The van der Waals surface area contributed by atoms with Gasteiger partial charge in [0.1, 0.15) is 17.9 Å². The molecule has 310 valence electrons. The number of fused-ring (bicyclic) bond motifs is 1. The Morgan fingerprint density at radius 3 is 2.14 bits per heavy atom. The van der Waals surface area contributed by atoms with Crippen molar-refractivity contribution in [3.8, 4) is 0 Å². The van der Waals surface area contributed by atoms with Gasteiger partial charge < -0.3 is 25.8 Å². The Labute approximate surface area is 332 Å². The minimum absolute atomic E-state index is 0.0621. The number of benzene rings is 1. The van der Waals surface area contributed by atoms with E-state index in [1.165, 1.54) is 11.8 Å². The number of carbonyl (C=O) groups is 6. The van der Waals surface area contributed by atoms with Crippen molar-refractivity contribution in [1.29, 1.82) is 0 Å². The number of aromatic nitrogens is 1. The number of imide groups is 1. The van der Waals surface area contributed by atoms with E-state index in [1.54, 1.807) is 0 Å². The van der Waals surface area contributed by atoms with Gasteiger partial charge in [0.25, 0.3) is 0 Å². The molecule has 1 aliphatic heterocycles. The van der Waals surface area contributed by atoms with E-state index in [1.807, 2.05) is 51.2 Å². The smallest absolute Gasteiger partial charge is 0.325 e. The van der Waals surface area contributed by atoms with Gasteiger partial charge in [-0.2, -0.15) is 0 Å². The second-order valence-corrected chi connectivity index (χ2v) is 17.4. The highest BCUT2D eigenvalue weighted by molar-refractivity contribution is 5.99. The number of ketones is 1. The average Bonchev–Trinajstić information content (AvgIpc) is 3.53. The largest absolute Gasteiger partial charge is 0.480 e. The lowest BCUT2D eigenvalue weighted by Gasteiger charge is -2.42. The standard InChI is InChI=1S/C44H66N4O8/c1-28-21-29(2)41(53)34(22-28)37(49)23-31-24-39(51)48(40(52)25-31)44(4,5)20-16-12-10-8-6-7-9-11-13-19-38(50)47-36(42(54)46-30(3)43(55)56)26-32-27-45-35-18-15-14-17-33(32)35/h14-15,17-18,27-31,34,36-37,45,49H,6-13,16,19-26H2,1-5H3,(H,46,54)(H,47,50)(H,55,56)/t28-,29-,30?,34?,36?,37?/m0/s1. The Kier molecular flexibility index (Phi) is 16.7. The highest BCUT2D eigenvalue weighted by atomic mass is 16.4. The molecular weight excluding hydrogens is 713 g/mol. The summed E-state index contributed by atoms with van der Waals surface area (Å²) in [5.74, 6) is -2.51. The van der Waals surface area contributed by atoms with Crippen LogP contribution in [-0.2, 0) is 35.2 Å². The first kappa shape index (κ1) is 44.7. The maximum Gasteiger partial charge on any atom is 0.325 e. The van der Waals surface area contributed by atoms with E-state index in [9.17, 15) is 39.0 Å². The van der Waals surface area contributed by atoms with Crippen LogP contribution in [0.25, 0.3) is 10.9 Å². The fraction of sp³-hybridized carbons (Fsp3) is 0.682. The molecule has 4 rings (SSSR count). The SMILES string of the molecule is CC(NC(=O)C(Cc1c[nH]c2ccccc12)NC(=O)CCCCCCCCCCCC(C)(C)N1C(=O)CC(CC(O)C2C[C@@H](C)C[C@H](C)C2=O)CC1=O)C(=O)O. The van der Waals surface area contributed by atoms with Crippen LogP contribution in [0.2, 0.25) is 0 Å². The summed E-state index contributed by atoms with van der Waals surface area (Å²) in [4.78, 5) is 81.0. The molecule has 1 aromatic heterocycles. The van der Waals surface area contributed by atoms with Crippen LogP contribution in [0.1, 0.15) is 143 Å². The summed E-state index contributed by atoms with van der Waals surface area (Å²) >= 11 is 0. The highest BCUT2D eigenvalue weighted by Gasteiger charge is 2.43. The number of para-hydroxylation sites is 1. The number of unbranched alkanes of at least 4 members (excludes halogenated alkanes) is 8. The van der Waals surface area contributed by atoms with Crippen molar-refractivity contribution in [3.63, 3.8) is 0 Å². The van der Waals surface area contributed by atoms with Crippen molar-refractivity contribution in [2.45, 2.75) is 167 Å². The number of nitrogens with one attached hydrogen (secondary N) is 3. The minimum atomic E-state index is -1.15. The Bertz CT molecular complexity index is 1650. The summed E-state index contributed by atoms with van der Waals surface area (Å²) in [6.07, 6.45) is 13.3. The molecule has 4 amide bonds. The van der Waals surface area contributed by atoms with Gasteiger partial charge in [-0.3, -0.25) is 33.7 Å². The molecule has 56 heavy (non-hydrogen) atoms. The summed E-state index contributed by atoms with van der Waals surface area (Å²) < 4.78 is 0. The van der Waals surface area contributed by atoms with Crippen LogP contribution >= 0.6 is 0 Å². The highest BCUT2D eigenvalue weighted by Crippen LogP contribution is 2.37. The number of H-pyrrole nitrogens is 1. The minimum Gasteiger partial charge on any atom is -0.480 e. The second kappa shape index (κ2) is 20.9. The molecule has 0 spiro atoms. The lowest BCUT2D eigenvalue weighted by atomic mass is 9.71. The molecule has 12 nitrogen and oxygen atoms in total. The average molecular weight is 779 g/mol. The molecule has 0 radical (unpaired) electrons. The molecule has 2 aromatic rings. The molecular formula is C44H66N4O8. The molecule has 5 N–H and O–H groups in total. The van der Waals surface area contributed by atoms with Gasteiger partial charge >= 0.3 is 5.97 Å². The molecule has 2 heterocycles. The third kappa shape index (κ3) is 12.7. The molecule has 12 heteroatoms. The number of carboxylic acids is 1. The molecule has 1 aliphatic carbocycles. The van der Waals surface area contributed by atoms with Crippen LogP contribution in [0, 0.1) is 23.7 Å². The van der Waals surface area contributed by atoms with Gasteiger partial charge in [0.05, 0.1) is 6.10 Å². The number of hydrogen-bond acceptors (Lipinski definition) is 7. The number of carboxylic acid groups (broad SMARTS) is 1. The zero-order chi connectivity index (χ0) is 41.0. The summed E-state index contributed by atoms with van der Waals surface area (Å²) in [5.41, 5.74) is 1.20. The Morgan fingerprint density at radius 2 is 1.50 bits per heavy atom. The van der Waals surface area contributed by atoms with Crippen molar-refractivity contribution < 1.29 is 39.0 Å². The third-order valence-electron chi connectivity index (χ3n) is 12.0. The Balaban J connectivity index is 1.08. The van der Waals surface area contributed by atoms with E-state index in [0.717, 1.165) is 80.7 Å². The predicted octanol–water partition coefficient (Wildman–Crippen LogP) is 6.62. The molecule has 6 atom stereocenters. The molecule has 1 saturated carbocycles. The Morgan fingerprint density at radius 1 is 0.893 bits per heavy atom. The Hall–Kier alpha value is -4.06. The summed E-state index contributed by atoms with van der Waals surface area (Å²) in [7, 11) is 0. The van der Waals surface area contributed by atoms with Crippen molar-refractivity contribution in [3.05, 3.63) is 36.0 Å². The maximum absolute atomic E-state index is 13.2. The van der Waals surface area contributed by atoms with E-state index in [4.69, 9.17) is 0 Å². The van der Waals surface area contributed by atoms with E-state index >= 15 is 0 Å². The van der Waals surface area contributed by atoms with E-state index in [-0.39, 0.29) is 61.0 Å². The first-order valence-corrected chi connectivity index (χ1v) is 21.0. The number of rotatable bonds is 22. The van der Waals surface area contributed by atoms with Gasteiger partial charge in [0.2, 0.25) is 23.6 Å². The maximum atomic E-state index is 13.2. The molecule has 1 saturated heterocycles. The fourth-order valence-electron chi connectivity index (χ4n) is 8.88. The zero-order valence-corrected chi connectivity index (χ0v) is 34.2. The molecule has 0 bridgehead atoms. The summed E-state index contributed by atoms with van der Waals surface area (Å²) in [5, 5.41) is 26.5. The van der Waals surface area contributed by atoms with Gasteiger partial charge in [-0.1, -0.05) is 83.4 Å². The fourth-order valence-corrected chi connectivity index (χ4v) is 8.88. The number of aliphatic hydroxyl groups excluding tert-OH is 1. The van der Waals surface area contributed by atoms with Crippen molar-refractivity contribution in [1.82, 2.24) is 20.5 Å². The molecule has 4 unspecified atom stereocenters. The number of aromatic amines is 1. The number of nitrogens with zero attached hydrogens (tertiary/aromatic N) is 1. The zero-order valence-electron chi connectivity index (χ0n) is 34.2. The van der Waals surface area contributed by atoms with Gasteiger partial charge in [-0.15, -0.1) is 0 Å². The van der Waals surface area contributed by atoms with Crippen LogP contribution in [0.15, 0.2) is 30.5 Å². The van der Waals surface area contributed by atoms with Crippen LogP contribution in [0.5, 0.6) is 0 Å². The number of Topliss-reactive ketones (excluding diaryl/α,β-unsaturated/α-hetero) is 1.